The van der Waals surface area contributed by atoms with Gasteiger partial charge in [0.1, 0.15) is 0 Å². The molecule has 0 aromatic heterocycles. The van der Waals surface area contributed by atoms with E-state index in [0.29, 0.717) is 6.54 Å². The summed E-state index contributed by atoms with van der Waals surface area (Å²) in [4.78, 5) is 0.266. The minimum Gasteiger partial charge on any atom is -0.379 e. The number of sulfonamides is 1. The van der Waals surface area contributed by atoms with Crippen LogP contribution in [-0.4, -0.2) is 26.5 Å². The van der Waals surface area contributed by atoms with Crippen molar-refractivity contribution in [2.75, 3.05) is 11.9 Å². The van der Waals surface area contributed by atoms with E-state index in [1.165, 1.54) is 0 Å². The van der Waals surface area contributed by atoms with Gasteiger partial charge in [-0.3, -0.25) is 0 Å². The summed E-state index contributed by atoms with van der Waals surface area (Å²) in [5.74, 6) is 0. The molecule has 20 heavy (non-hydrogen) atoms. The Labute approximate surface area is 122 Å². The Balaban J connectivity index is 2.90. The van der Waals surface area contributed by atoms with Crippen LogP contribution >= 0.6 is 0 Å². The van der Waals surface area contributed by atoms with E-state index in [4.69, 9.17) is 5.73 Å². The molecule has 1 rings (SSSR count). The summed E-state index contributed by atoms with van der Waals surface area (Å²) in [6.07, 6.45) is 0.887. The van der Waals surface area contributed by atoms with Crippen molar-refractivity contribution in [2.24, 2.45) is 5.73 Å². The Kier molecular flexibility index (Phi) is 5.56. The Morgan fingerprint density at radius 1 is 1.25 bits per heavy atom. The van der Waals surface area contributed by atoms with Crippen molar-refractivity contribution in [3.8, 4) is 0 Å². The zero-order valence-electron chi connectivity index (χ0n) is 12.6. The largest absolute Gasteiger partial charge is 0.379 e. The molecular formula is C14H25N3O2S. The number of benzene rings is 1. The number of anilines is 1. The number of nitrogens with two attached hydrogens (primary N) is 1. The lowest BCUT2D eigenvalue weighted by Crippen LogP contribution is -2.41. The number of nitrogens with one attached hydrogen (secondary N) is 2. The molecule has 0 fully saturated rings. The van der Waals surface area contributed by atoms with Gasteiger partial charge in [-0.05, 0) is 51.5 Å². The van der Waals surface area contributed by atoms with Crippen LogP contribution in [0.3, 0.4) is 0 Å². The van der Waals surface area contributed by atoms with Crippen LogP contribution in [0.15, 0.2) is 29.2 Å². The lowest BCUT2D eigenvalue weighted by molar-refractivity contribution is 0.506. The Bertz CT molecular complexity index is 520. The van der Waals surface area contributed by atoms with E-state index in [1.807, 2.05) is 6.92 Å². The molecule has 6 heteroatoms. The highest BCUT2D eigenvalue weighted by Crippen LogP contribution is 2.19. The van der Waals surface area contributed by atoms with Crippen molar-refractivity contribution in [3.05, 3.63) is 24.3 Å². The first-order chi connectivity index (χ1) is 9.22. The number of hydrogen-bond donors (Lipinski definition) is 3. The van der Waals surface area contributed by atoms with E-state index in [0.717, 1.165) is 12.1 Å². The molecule has 0 aliphatic rings. The molecule has 0 heterocycles. The summed E-state index contributed by atoms with van der Waals surface area (Å²) < 4.78 is 26.6. The van der Waals surface area contributed by atoms with Crippen molar-refractivity contribution < 1.29 is 8.42 Å². The molecule has 0 bridgehead atoms. The van der Waals surface area contributed by atoms with Gasteiger partial charge in [0, 0.05) is 23.8 Å². The van der Waals surface area contributed by atoms with E-state index < -0.39 is 10.0 Å². The normalized spacial score (nSPS) is 15.1. The summed E-state index contributed by atoms with van der Waals surface area (Å²) in [6, 6.07) is 6.59. The maximum atomic E-state index is 12.0. The molecule has 0 saturated heterocycles. The van der Waals surface area contributed by atoms with Gasteiger partial charge in [-0.1, -0.05) is 6.92 Å². The van der Waals surface area contributed by atoms with Crippen LogP contribution in [0.2, 0.25) is 0 Å². The minimum absolute atomic E-state index is 0.126. The monoisotopic (exact) mass is 299 g/mol. The highest BCUT2D eigenvalue weighted by Gasteiger charge is 2.20. The van der Waals surface area contributed by atoms with Crippen LogP contribution in [0, 0.1) is 0 Å². The first-order valence-electron chi connectivity index (χ1n) is 6.83. The molecule has 1 unspecified atom stereocenters. The van der Waals surface area contributed by atoms with Gasteiger partial charge in [0.25, 0.3) is 0 Å². The summed E-state index contributed by atoms with van der Waals surface area (Å²) in [7, 11) is -3.43. The van der Waals surface area contributed by atoms with E-state index in [9.17, 15) is 8.42 Å². The molecule has 0 amide bonds. The third-order valence-corrected chi connectivity index (χ3v) is 4.91. The van der Waals surface area contributed by atoms with Crippen LogP contribution in [0.4, 0.5) is 5.69 Å². The SMILES string of the molecule is CCC(C)(CN)Nc1ccc(S(=O)(=O)NC(C)C)cc1. The van der Waals surface area contributed by atoms with E-state index in [1.54, 1.807) is 38.1 Å². The van der Waals surface area contributed by atoms with Gasteiger partial charge in [0.05, 0.1) is 4.90 Å². The summed E-state index contributed by atoms with van der Waals surface area (Å²) in [5.41, 5.74) is 6.43. The zero-order valence-corrected chi connectivity index (χ0v) is 13.4. The van der Waals surface area contributed by atoms with Crippen molar-refractivity contribution >= 4 is 15.7 Å². The van der Waals surface area contributed by atoms with Gasteiger partial charge in [0.2, 0.25) is 10.0 Å². The molecule has 0 spiro atoms. The fourth-order valence-electron chi connectivity index (χ4n) is 1.73. The highest BCUT2D eigenvalue weighted by atomic mass is 32.2. The minimum atomic E-state index is -3.43. The fourth-order valence-corrected chi connectivity index (χ4v) is 2.98. The molecule has 4 N–H and O–H groups in total. The van der Waals surface area contributed by atoms with Gasteiger partial charge in [0.15, 0.2) is 0 Å². The predicted molar refractivity (Wildman–Crippen MR) is 83.3 cm³/mol. The second-order valence-corrected chi connectivity index (χ2v) is 7.26. The lowest BCUT2D eigenvalue weighted by atomic mass is 9.99. The van der Waals surface area contributed by atoms with Crippen molar-refractivity contribution in [2.45, 2.75) is 50.6 Å². The van der Waals surface area contributed by atoms with Crippen LogP contribution in [0.5, 0.6) is 0 Å². The van der Waals surface area contributed by atoms with Crippen molar-refractivity contribution in [3.63, 3.8) is 0 Å². The van der Waals surface area contributed by atoms with E-state index in [-0.39, 0.29) is 16.5 Å². The van der Waals surface area contributed by atoms with Crippen molar-refractivity contribution in [1.82, 2.24) is 4.72 Å². The quantitative estimate of drug-likeness (QED) is 0.718. The van der Waals surface area contributed by atoms with Gasteiger partial charge >= 0.3 is 0 Å². The Morgan fingerprint density at radius 2 is 1.80 bits per heavy atom. The number of hydrogen-bond acceptors (Lipinski definition) is 4. The lowest BCUT2D eigenvalue weighted by Gasteiger charge is -2.29. The molecule has 5 nitrogen and oxygen atoms in total. The molecule has 1 aromatic carbocycles. The zero-order chi connectivity index (χ0) is 15.4. The number of rotatable bonds is 7. The molecule has 0 aliphatic carbocycles. The molecule has 0 saturated carbocycles. The van der Waals surface area contributed by atoms with Crippen molar-refractivity contribution in [1.29, 1.82) is 0 Å². The summed E-state index contributed by atoms with van der Waals surface area (Å²) in [6.45, 7) is 8.20. The van der Waals surface area contributed by atoms with Gasteiger partial charge in [-0.25, -0.2) is 13.1 Å². The molecule has 1 aromatic rings. The molecule has 0 radical (unpaired) electrons. The van der Waals surface area contributed by atoms with Crippen LogP contribution < -0.4 is 15.8 Å². The standard InChI is InChI=1S/C14H25N3O2S/c1-5-14(4,10-15)16-12-6-8-13(9-7-12)20(18,19)17-11(2)3/h6-9,11,16-17H,5,10,15H2,1-4H3. The van der Waals surface area contributed by atoms with E-state index in [2.05, 4.69) is 17.0 Å². The molecule has 0 aliphatic heterocycles. The fraction of sp³-hybridized carbons (Fsp3) is 0.571. The van der Waals surface area contributed by atoms with Crippen LogP contribution in [0.25, 0.3) is 0 Å². The first kappa shape index (κ1) is 16.9. The average molecular weight is 299 g/mol. The van der Waals surface area contributed by atoms with Crippen LogP contribution in [0.1, 0.15) is 34.1 Å². The second-order valence-electron chi connectivity index (χ2n) is 5.54. The molecule has 1 atom stereocenters. The second kappa shape index (κ2) is 6.56. The summed E-state index contributed by atoms with van der Waals surface area (Å²) >= 11 is 0. The van der Waals surface area contributed by atoms with E-state index >= 15 is 0 Å². The van der Waals surface area contributed by atoms with Gasteiger partial charge in [-0.15, -0.1) is 0 Å². The molecular weight excluding hydrogens is 274 g/mol. The highest BCUT2D eigenvalue weighted by molar-refractivity contribution is 7.89. The maximum absolute atomic E-state index is 12.0. The van der Waals surface area contributed by atoms with Gasteiger partial charge in [-0.2, -0.15) is 0 Å². The topological polar surface area (TPSA) is 84.2 Å². The third-order valence-electron chi connectivity index (χ3n) is 3.23. The Hall–Kier alpha value is -1.11. The summed E-state index contributed by atoms with van der Waals surface area (Å²) in [5, 5.41) is 3.33. The maximum Gasteiger partial charge on any atom is 0.240 e. The first-order valence-corrected chi connectivity index (χ1v) is 8.31. The predicted octanol–water partition coefficient (Wildman–Crippen LogP) is 1.91. The van der Waals surface area contributed by atoms with Gasteiger partial charge < -0.3 is 11.1 Å². The average Bonchev–Trinajstić information content (AvgIpc) is 2.38. The smallest absolute Gasteiger partial charge is 0.240 e. The van der Waals surface area contributed by atoms with Crippen LogP contribution in [-0.2, 0) is 10.0 Å². The molecule has 114 valence electrons. The Morgan fingerprint density at radius 3 is 2.20 bits per heavy atom. The third kappa shape index (κ3) is 4.47.